The second-order valence-corrected chi connectivity index (χ2v) is 7.08. The number of sulfonamides is 1. The summed E-state index contributed by atoms with van der Waals surface area (Å²) in [7, 11) is -3.40. The Morgan fingerprint density at radius 2 is 1.86 bits per heavy atom. The molecular weight excluding hydrogens is 290 g/mol. The van der Waals surface area contributed by atoms with Gasteiger partial charge < -0.3 is 10.3 Å². The first-order valence-electron chi connectivity index (χ1n) is 6.84. The molecule has 6 nitrogen and oxygen atoms in total. The van der Waals surface area contributed by atoms with E-state index in [1.54, 1.807) is 36.4 Å². The first kappa shape index (κ1) is 14.1. The van der Waals surface area contributed by atoms with Crippen LogP contribution in [0.4, 0.5) is 5.88 Å². The number of hydrogen-bond acceptors (Lipinski definition) is 5. The third-order valence-electron chi connectivity index (χ3n) is 3.80. The van der Waals surface area contributed by atoms with Gasteiger partial charge in [-0.3, -0.25) is 0 Å². The zero-order valence-corrected chi connectivity index (χ0v) is 12.3. The van der Waals surface area contributed by atoms with E-state index in [1.165, 1.54) is 4.31 Å². The van der Waals surface area contributed by atoms with Gasteiger partial charge in [0.2, 0.25) is 15.9 Å². The van der Waals surface area contributed by atoms with Crippen molar-refractivity contribution in [1.82, 2.24) is 9.46 Å². The van der Waals surface area contributed by atoms with Crippen molar-refractivity contribution in [3.8, 4) is 0 Å². The molecule has 1 aliphatic heterocycles. The molecule has 0 unspecified atom stereocenters. The molecule has 2 aromatic rings. The molecule has 1 saturated heterocycles. The largest absolute Gasteiger partial charge is 0.368 e. The topological polar surface area (TPSA) is 89.4 Å². The van der Waals surface area contributed by atoms with Crippen LogP contribution in [0.15, 0.2) is 45.8 Å². The van der Waals surface area contributed by atoms with Crippen LogP contribution in [0.25, 0.3) is 0 Å². The van der Waals surface area contributed by atoms with Crippen LogP contribution in [-0.2, 0) is 10.0 Å². The quantitative estimate of drug-likeness (QED) is 0.934. The van der Waals surface area contributed by atoms with Gasteiger partial charge >= 0.3 is 0 Å². The molecule has 0 radical (unpaired) electrons. The van der Waals surface area contributed by atoms with E-state index in [9.17, 15) is 8.42 Å². The summed E-state index contributed by atoms with van der Waals surface area (Å²) >= 11 is 0. The van der Waals surface area contributed by atoms with E-state index in [0.717, 1.165) is 18.5 Å². The average Bonchev–Trinajstić information content (AvgIpc) is 2.95. The predicted molar refractivity (Wildman–Crippen MR) is 78.1 cm³/mol. The first-order valence-corrected chi connectivity index (χ1v) is 8.28. The van der Waals surface area contributed by atoms with E-state index in [-0.39, 0.29) is 5.92 Å². The molecule has 0 spiro atoms. The molecule has 0 saturated carbocycles. The van der Waals surface area contributed by atoms with Crippen LogP contribution >= 0.6 is 0 Å². The van der Waals surface area contributed by atoms with Crippen molar-refractivity contribution in [2.45, 2.75) is 23.7 Å². The fourth-order valence-electron chi connectivity index (χ4n) is 2.63. The van der Waals surface area contributed by atoms with E-state index < -0.39 is 10.0 Å². The van der Waals surface area contributed by atoms with Gasteiger partial charge in [-0.15, -0.1) is 0 Å². The van der Waals surface area contributed by atoms with Crippen molar-refractivity contribution in [2.75, 3.05) is 18.8 Å². The molecule has 0 bridgehead atoms. The lowest BCUT2D eigenvalue weighted by atomic mass is 9.95. The Kier molecular flexibility index (Phi) is 3.69. The van der Waals surface area contributed by atoms with Crippen molar-refractivity contribution in [2.24, 2.45) is 0 Å². The number of hydrogen-bond donors (Lipinski definition) is 1. The third-order valence-corrected chi connectivity index (χ3v) is 5.71. The summed E-state index contributed by atoms with van der Waals surface area (Å²) in [6, 6.07) is 10.2. The van der Waals surface area contributed by atoms with E-state index in [2.05, 4.69) is 5.16 Å². The summed E-state index contributed by atoms with van der Waals surface area (Å²) in [5.41, 5.74) is 6.33. The Morgan fingerprint density at radius 1 is 1.19 bits per heavy atom. The molecule has 0 atom stereocenters. The zero-order valence-electron chi connectivity index (χ0n) is 11.5. The van der Waals surface area contributed by atoms with Crippen molar-refractivity contribution in [3.05, 3.63) is 42.1 Å². The number of nitrogen functional groups attached to an aromatic ring is 1. The standard InChI is InChI=1S/C14H17N3O3S/c15-14-10-13(16-20-14)11-6-8-17(9-7-11)21(18,19)12-4-2-1-3-5-12/h1-5,10-11H,6-9,15H2. The maximum absolute atomic E-state index is 12.5. The van der Waals surface area contributed by atoms with E-state index in [4.69, 9.17) is 10.3 Å². The Balaban J connectivity index is 1.71. The third kappa shape index (κ3) is 2.79. The van der Waals surface area contributed by atoms with Gasteiger partial charge in [0.25, 0.3) is 0 Å². The molecule has 0 amide bonds. The fourth-order valence-corrected chi connectivity index (χ4v) is 4.12. The van der Waals surface area contributed by atoms with E-state index >= 15 is 0 Å². The number of piperidine rings is 1. The molecule has 2 N–H and O–H groups in total. The van der Waals surface area contributed by atoms with Crippen LogP contribution in [0.2, 0.25) is 0 Å². The SMILES string of the molecule is Nc1cc(C2CCN(S(=O)(=O)c3ccccc3)CC2)no1. The van der Waals surface area contributed by atoms with Gasteiger partial charge in [0, 0.05) is 25.1 Å². The smallest absolute Gasteiger partial charge is 0.243 e. The van der Waals surface area contributed by atoms with Crippen molar-refractivity contribution in [1.29, 1.82) is 0 Å². The number of anilines is 1. The highest BCUT2D eigenvalue weighted by Crippen LogP contribution is 2.30. The minimum Gasteiger partial charge on any atom is -0.368 e. The number of nitrogens with two attached hydrogens (primary N) is 1. The lowest BCUT2D eigenvalue weighted by Crippen LogP contribution is -2.37. The summed E-state index contributed by atoms with van der Waals surface area (Å²) < 4.78 is 31.4. The van der Waals surface area contributed by atoms with Crippen LogP contribution in [0.1, 0.15) is 24.5 Å². The van der Waals surface area contributed by atoms with Gasteiger partial charge in [-0.2, -0.15) is 4.31 Å². The van der Waals surface area contributed by atoms with Crippen LogP contribution in [-0.4, -0.2) is 31.0 Å². The highest BCUT2D eigenvalue weighted by molar-refractivity contribution is 7.89. The molecule has 1 aromatic heterocycles. The van der Waals surface area contributed by atoms with Gasteiger partial charge in [0.1, 0.15) is 0 Å². The Hall–Kier alpha value is -1.86. The lowest BCUT2D eigenvalue weighted by molar-refractivity contribution is 0.309. The summed E-state index contributed by atoms with van der Waals surface area (Å²) in [5, 5.41) is 3.92. The number of rotatable bonds is 3. The molecule has 1 fully saturated rings. The zero-order chi connectivity index (χ0) is 14.9. The van der Waals surface area contributed by atoms with Crippen molar-refractivity contribution >= 4 is 15.9 Å². The molecule has 1 aromatic carbocycles. The first-order chi connectivity index (χ1) is 10.1. The fraction of sp³-hybridized carbons (Fsp3) is 0.357. The monoisotopic (exact) mass is 307 g/mol. The van der Waals surface area contributed by atoms with E-state index in [1.807, 2.05) is 0 Å². The highest BCUT2D eigenvalue weighted by Gasteiger charge is 2.30. The molecule has 3 rings (SSSR count). The number of nitrogens with zero attached hydrogens (tertiary/aromatic N) is 2. The highest BCUT2D eigenvalue weighted by atomic mass is 32.2. The predicted octanol–water partition coefficient (Wildman–Crippen LogP) is 1.83. The Bertz CT molecular complexity index is 704. The van der Waals surface area contributed by atoms with Crippen molar-refractivity contribution < 1.29 is 12.9 Å². The molecule has 2 heterocycles. The van der Waals surface area contributed by atoms with Crippen LogP contribution in [0.3, 0.4) is 0 Å². The van der Waals surface area contributed by atoms with Gasteiger partial charge in [-0.1, -0.05) is 23.4 Å². The average molecular weight is 307 g/mol. The molecule has 21 heavy (non-hydrogen) atoms. The van der Waals surface area contributed by atoms with Gasteiger partial charge in [-0.05, 0) is 25.0 Å². The minimum absolute atomic E-state index is 0.202. The summed E-state index contributed by atoms with van der Waals surface area (Å²) in [6.45, 7) is 0.962. The number of aromatic nitrogens is 1. The van der Waals surface area contributed by atoms with Gasteiger partial charge in [0.05, 0.1) is 10.6 Å². The Labute approximate surface area is 123 Å². The normalized spacial score (nSPS) is 17.9. The molecular formula is C14H17N3O3S. The molecule has 112 valence electrons. The minimum atomic E-state index is -3.40. The second-order valence-electron chi connectivity index (χ2n) is 5.15. The summed E-state index contributed by atoms with van der Waals surface area (Å²) in [6.07, 6.45) is 1.44. The molecule has 1 aliphatic rings. The Morgan fingerprint density at radius 3 is 2.43 bits per heavy atom. The number of benzene rings is 1. The maximum atomic E-state index is 12.5. The van der Waals surface area contributed by atoms with Crippen LogP contribution in [0.5, 0.6) is 0 Å². The second kappa shape index (κ2) is 5.50. The van der Waals surface area contributed by atoms with Crippen LogP contribution < -0.4 is 5.73 Å². The van der Waals surface area contributed by atoms with E-state index in [0.29, 0.717) is 23.9 Å². The maximum Gasteiger partial charge on any atom is 0.243 e. The van der Waals surface area contributed by atoms with Gasteiger partial charge in [-0.25, -0.2) is 8.42 Å². The molecule has 0 aliphatic carbocycles. The summed E-state index contributed by atoms with van der Waals surface area (Å²) in [5.74, 6) is 0.498. The molecule has 7 heteroatoms. The lowest BCUT2D eigenvalue weighted by Gasteiger charge is -2.30. The summed E-state index contributed by atoms with van der Waals surface area (Å²) in [4.78, 5) is 0.342. The van der Waals surface area contributed by atoms with Crippen LogP contribution in [0, 0.1) is 0 Å². The van der Waals surface area contributed by atoms with Gasteiger partial charge in [0.15, 0.2) is 0 Å². The van der Waals surface area contributed by atoms with Crippen molar-refractivity contribution in [3.63, 3.8) is 0 Å².